The molecule has 0 aromatic heterocycles. The highest BCUT2D eigenvalue weighted by Gasteiger charge is 2.13. The first kappa shape index (κ1) is 18.3. The van der Waals surface area contributed by atoms with E-state index in [2.05, 4.69) is 16.0 Å². The number of hydrogen-bond acceptors (Lipinski definition) is 3. The molecule has 2 aromatic rings. The van der Waals surface area contributed by atoms with Gasteiger partial charge in [0.05, 0.1) is 11.7 Å². The second-order valence-corrected chi connectivity index (χ2v) is 5.18. The smallest absolute Gasteiger partial charge is 0.319 e. The fourth-order valence-electron chi connectivity index (χ4n) is 2.08. The molecule has 0 bridgehead atoms. The van der Waals surface area contributed by atoms with E-state index < -0.39 is 29.7 Å². The number of rotatable bonds is 5. The van der Waals surface area contributed by atoms with E-state index in [0.717, 1.165) is 6.07 Å². The van der Waals surface area contributed by atoms with Gasteiger partial charge in [-0.05, 0) is 35.9 Å². The summed E-state index contributed by atoms with van der Waals surface area (Å²) in [5, 5.41) is 17.1. The lowest BCUT2D eigenvalue weighted by Gasteiger charge is -2.13. The van der Waals surface area contributed by atoms with Crippen molar-refractivity contribution in [3.8, 4) is 0 Å². The van der Waals surface area contributed by atoms with Gasteiger partial charge in [0.1, 0.15) is 11.6 Å². The van der Waals surface area contributed by atoms with Crippen LogP contribution in [-0.4, -0.2) is 30.6 Å². The normalized spacial score (nSPS) is 11.5. The molecule has 0 aliphatic heterocycles. The molecule has 2 rings (SSSR count). The van der Waals surface area contributed by atoms with Crippen LogP contribution in [0, 0.1) is 11.6 Å². The third kappa shape index (κ3) is 4.98. The Hall–Kier alpha value is -3.00. The van der Waals surface area contributed by atoms with E-state index in [1.165, 1.54) is 43.4 Å². The highest BCUT2D eigenvalue weighted by atomic mass is 19.1. The van der Waals surface area contributed by atoms with Crippen LogP contribution in [0.1, 0.15) is 22.0 Å². The lowest BCUT2D eigenvalue weighted by molar-refractivity contribution is 0.0959. The van der Waals surface area contributed by atoms with E-state index >= 15 is 0 Å². The zero-order chi connectivity index (χ0) is 18.4. The number of nitrogens with one attached hydrogen (secondary N) is 3. The number of aliphatic hydroxyl groups excluding tert-OH is 1. The van der Waals surface area contributed by atoms with Gasteiger partial charge in [-0.15, -0.1) is 0 Å². The molecule has 1 atom stereocenters. The highest BCUT2D eigenvalue weighted by Crippen LogP contribution is 2.15. The number of anilines is 1. The Morgan fingerprint density at radius 3 is 2.44 bits per heavy atom. The summed E-state index contributed by atoms with van der Waals surface area (Å²) in [5.41, 5.74) is 0.464. The average Bonchev–Trinajstić information content (AvgIpc) is 2.61. The van der Waals surface area contributed by atoms with Crippen LogP contribution in [0.3, 0.4) is 0 Å². The van der Waals surface area contributed by atoms with Gasteiger partial charge < -0.3 is 21.1 Å². The largest absolute Gasteiger partial charge is 0.387 e. The predicted molar refractivity (Wildman–Crippen MR) is 88.2 cm³/mol. The van der Waals surface area contributed by atoms with E-state index in [4.69, 9.17) is 0 Å². The number of carbonyl (C=O) groups is 2. The van der Waals surface area contributed by atoms with Gasteiger partial charge in [-0.2, -0.15) is 0 Å². The van der Waals surface area contributed by atoms with E-state index in [9.17, 15) is 23.5 Å². The molecular formula is C17H17F2N3O3. The van der Waals surface area contributed by atoms with E-state index in [1.807, 2.05) is 0 Å². The second-order valence-electron chi connectivity index (χ2n) is 5.18. The Morgan fingerprint density at radius 1 is 1.12 bits per heavy atom. The van der Waals surface area contributed by atoms with Crippen molar-refractivity contribution >= 4 is 17.6 Å². The molecular weight excluding hydrogens is 332 g/mol. The van der Waals surface area contributed by atoms with Gasteiger partial charge in [-0.1, -0.05) is 12.1 Å². The molecule has 0 heterocycles. The number of amides is 3. The Balaban J connectivity index is 1.94. The molecule has 8 heteroatoms. The maximum Gasteiger partial charge on any atom is 0.319 e. The summed E-state index contributed by atoms with van der Waals surface area (Å²) in [6.07, 6.45) is -1.01. The summed E-state index contributed by atoms with van der Waals surface area (Å²) in [7, 11) is 1.37. The summed E-state index contributed by atoms with van der Waals surface area (Å²) >= 11 is 0. The molecule has 0 spiro atoms. The Labute approximate surface area is 142 Å². The van der Waals surface area contributed by atoms with Crippen molar-refractivity contribution in [2.24, 2.45) is 0 Å². The molecule has 0 fully saturated rings. The van der Waals surface area contributed by atoms with Gasteiger partial charge in [-0.3, -0.25) is 4.79 Å². The summed E-state index contributed by atoms with van der Waals surface area (Å²) in [6.45, 7) is -0.110. The number of aliphatic hydroxyl groups is 1. The van der Waals surface area contributed by atoms with Crippen LogP contribution in [0.15, 0.2) is 42.5 Å². The van der Waals surface area contributed by atoms with Gasteiger partial charge in [0.2, 0.25) is 0 Å². The zero-order valence-corrected chi connectivity index (χ0v) is 13.3. The summed E-state index contributed by atoms with van der Waals surface area (Å²) < 4.78 is 26.4. The van der Waals surface area contributed by atoms with Crippen LogP contribution in [0.5, 0.6) is 0 Å². The molecule has 132 valence electrons. The number of carbonyl (C=O) groups excluding carboxylic acids is 2. The van der Waals surface area contributed by atoms with E-state index in [0.29, 0.717) is 5.56 Å². The van der Waals surface area contributed by atoms with Crippen molar-refractivity contribution in [3.63, 3.8) is 0 Å². The molecule has 3 amide bonds. The van der Waals surface area contributed by atoms with Gasteiger partial charge in [0, 0.05) is 19.3 Å². The van der Waals surface area contributed by atoms with Crippen molar-refractivity contribution in [1.82, 2.24) is 10.6 Å². The van der Waals surface area contributed by atoms with Gasteiger partial charge in [0.25, 0.3) is 5.91 Å². The Kier molecular flexibility index (Phi) is 6.02. The lowest BCUT2D eigenvalue weighted by Crippen LogP contribution is -2.32. The molecule has 0 aliphatic carbocycles. The van der Waals surface area contributed by atoms with Gasteiger partial charge in [0.15, 0.2) is 0 Å². The first-order valence-electron chi connectivity index (χ1n) is 7.40. The second kappa shape index (κ2) is 8.20. The minimum absolute atomic E-state index is 0.110. The van der Waals surface area contributed by atoms with Crippen molar-refractivity contribution in [2.75, 3.05) is 18.9 Å². The molecule has 6 nitrogen and oxygen atoms in total. The average molecular weight is 349 g/mol. The number of hydrogen-bond donors (Lipinski definition) is 4. The van der Waals surface area contributed by atoms with Gasteiger partial charge in [-0.25, -0.2) is 13.6 Å². The molecule has 0 unspecified atom stereocenters. The number of urea groups is 1. The maximum absolute atomic E-state index is 13.6. The van der Waals surface area contributed by atoms with Crippen molar-refractivity contribution in [2.45, 2.75) is 6.10 Å². The zero-order valence-electron chi connectivity index (χ0n) is 13.3. The summed E-state index contributed by atoms with van der Waals surface area (Å²) in [4.78, 5) is 23.4. The Bertz CT molecular complexity index is 766. The third-order valence-corrected chi connectivity index (χ3v) is 3.41. The standard InChI is InChI=1S/C17H17F2N3O3/c1-20-16(24)13-8-12(6-7-14(13)19)22-17(25)21-9-15(23)10-2-4-11(18)5-3-10/h2-8,15,23H,9H2,1H3,(H,20,24)(H2,21,22,25)/t15-/m0/s1. The fourth-order valence-corrected chi connectivity index (χ4v) is 2.08. The van der Waals surface area contributed by atoms with Crippen LogP contribution in [0.4, 0.5) is 19.3 Å². The van der Waals surface area contributed by atoms with Crippen LogP contribution in [-0.2, 0) is 0 Å². The van der Waals surface area contributed by atoms with Crippen LogP contribution < -0.4 is 16.0 Å². The minimum Gasteiger partial charge on any atom is -0.387 e. The topological polar surface area (TPSA) is 90.5 Å². The Morgan fingerprint density at radius 2 is 1.80 bits per heavy atom. The van der Waals surface area contributed by atoms with Crippen molar-refractivity contribution < 1.29 is 23.5 Å². The summed E-state index contributed by atoms with van der Waals surface area (Å²) in [6, 6.07) is 8.16. The fraction of sp³-hybridized carbons (Fsp3) is 0.176. The van der Waals surface area contributed by atoms with E-state index in [-0.39, 0.29) is 17.8 Å². The van der Waals surface area contributed by atoms with Crippen LogP contribution in [0.25, 0.3) is 0 Å². The monoisotopic (exact) mass is 349 g/mol. The maximum atomic E-state index is 13.6. The highest BCUT2D eigenvalue weighted by molar-refractivity contribution is 5.97. The van der Waals surface area contributed by atoms with E-state index in [1.54, 1.807) is 0 Å². The molecule has 0 aliphatic rings. The SMILES string of the molecule is CNC(=O)c1cc(NC(=O)NC[C@H](O)c2ccc(F)cc2)ccc1F. The molecule has 25 heavy (non-hydrogen) atoms. The number of benzene rings is 2. The minimum atomic E-state index is -1.01. The van der Waals surface area contributed by atoms with Crippen LogP contribution >= 0.6 is 0 Å². The summed E-state index contributed by atoms with van der Waals surface area (Å²) in [5.74, 6) is -1.75. The molecule has 2 aromatic carbocycles. The van der Waals surface area contributed by atoms with Crippen LogP contribution in [0.2, 0.25) is 0 Å². The molecule has 4 N–H and O–H groups in total. The lowest BCUT2D eigenvalue weighted by atomic mass is 10.1. The third-order valence-electron chi connectivity index (χ3n) is 3.41. The first-order valence-corrected chi connectivity index (χ1v) is 7.40. The first-order chi connectivity index (χ1) is 11.9. The molecule has 0 radical (unpaired) electrons. The molecule has 0 saturated heterocycles. The quantitative estimate of drug-likeness (QED) is 0.667. The predicted octanol–water partition coefficient (Wildman–Crippen LogP) is 2.18. The van der Waals surface area contributed by atoms with Crippen molar-refractivity contribution in [3.05, 3.63) is 65.2 Å². The van der Waals surface area contributed by atoms with Crippen molar-refractivity contribution in [1.29, 1.82) is 0 Å². The number of halogens is 2. The molecule has 0 saturated carbocycles. The van der Waals surface area contributed by atoms with Gasteiger partial charge >= 0.3 is 6.03 Å².